The van der Waals surface area contributed by atoms with Gasteiger partial charge in [0.25, 0.3) is 5.69 Å². The Bertz CT molecular complexity index is 948. The molecule has 3 rings (SSSR count). The zero-order valence-corrected chi connectivity index (χ0v) is 12.8. The number of hydrogen-bond donors (Lipinski definition) is 0. The van der Waals surface area contributed by atoms with Crippen molar-refractivity contribution in [3.05, 3.63) is 93.4 Å². The molecule has 2 aromatic carbocycles. The Morgan fingerprint density at radius 3 is 2.72 bits per heavy atom. The summed E-state index contributed by atoms with van der Waals surface area (Å²) in [6, 6.07) is 11.6. The molecule has 0 N–H and O–H groups in total. The second-order valence-electron chi connectivity index (χ2n) is 5.08. The van der Waals surface area contributed by atoms with Crippen molar-refractivity contribution in [1.29, 1.82) is 0 Å². The van der Waals surface area contributed by atoms with Crippen LogP contribution in [0.2, 0.25) is 0 Å². The van der Waals surface area contributed by atoms with Crippen molar-refractivity contribution in [2.24, 2.45) is 4.99 Å². The topological polar surface area (TPSA) is 81.8 Å². The second kappa shape index (κ2) is 6.88. The number of nitrogens with zero attached hydrogens (tertiary/aromatic N) is 2. The van der Waals surface area contributed by atoms with Crippen LogP contribution < -0.4 is 0 Å². The average molecular weight is 338 g/mol. The molecular formula is C18H11FN2O4. The molecule has 0 bridgehead atoms. The summed E-state index contributed by atoms with van der Waals surface area (Å²) in [4.78, 5) is 26.1. The zero-order valence-electron chi connectivity index (χ0n) is 12.8. The van der Waals surface area contributed by atoms with Gasteiger partial charge in [-0.25, -0.2) is 14.2 Å². The molecule has 1 heterocycles. The fourth-order valence-corrected chi connectivity index (χ4v) is 2.16. The third kappa shape index (κ3) is 3.84. The molecule has 0 fully saturated rings. The van der Waals surface area contributed by atoms with Gasteiger partial charge in [0, 0.05) is 17.7 Å². The van der Waals surface area contributed by atoms with Crippen molar-refractivity contribution in [1.82, 2.24) is 0 Å². The van der Waals surface area contributed by atoms with Crippen LogP contribution in [0.1, 0.15) is 11.1 Å². The summed E-state index contributed by atoms with van der Waals surface area (Å²) in [6.07, 6.45) is 4.56. The van der Waals surface area contributed by atoms with Crippen LogP contribution >= 0.6 is 0 Å². The fraction of sp³-hybridized carbons (Fsp3) is 0. The van der Waals surface area contributed by atoms with Crippen LogP contribution in [0.4, 0.5) is 10.1 Å². The first kappa shape index (κ1) is 16.3. The zero-order chi connectivity index (χ0) is 17.8. The van der Waals surface area contributed by atoms with E-state index in [-0.39, 0.29) is 17.3 Å². The number of benzene rings is 2. The van der Waals surface area contributed by atoms with Crippen LogP contribution in [0.15, 0.2) is 71.4 Å². The first-order valence-corrected chi connectivity index (χ1v) is 7.22. The van der Waals surface area contributed by atoms with E-state index in [9.17, 15) is 19.3 Å². The van der Waals surface area contributed by atoms with Gasteiger partial charge >= 0.3 is 5.97 Å². The Morgan fingerprint density at radius 2 is 1.96 bits per heavy atom. The van der Waals surface area contributed by atoms with Gasteiger partial charge in [-0.3, -0.25) is 10.1 Å². The van der Waals surface area contributed by atoms with Gasteiger partial charge < -0.3 is 4.74 Å². The number of halogens is 1. The van der Waals surface area contributed by atoms with Crippen LogP contribution in [-0.2, 0) is 9.53 Å². The van der Waals surface area contributed by atoms with Gasteiger partial charge in [0.1, 0.15) is 5.82 Å². The predicted molar refractivity (Wildman–Crippen MR) is 89.2 cm³/mol. The lowest BCUT2D eigenvalue weighted by Crippen LogP contribution is -2.05. The summed E-state index contributed by atoms with van der Waals surface area (Å²) in [5.74, 6) is -1.08. The first-order valence-electron chi connectivity index (χ1n) is 7.22. The Balaban J connectivity index is 1.80. The van der Waals surface area contributed by atoms with Crippen molar-refractivity contribution in [3.63, 3.8) is 0 Å². The Labute approximate surface area is 141 Å². The predicted octanol–water partition coefficient (Wildman–Crippen LogP) is 3.63. The minimum absolute atomic E-state index is 0.0264. The summed E-state index contributed by atoms with van der Waals surface area (Å²) in [5.41, 5.74) is 0.994. The standard InChI is InChI=1S/C18H11FN2O4/c19-14-7-3-6-13(11-14)17-20-16(18(22)25-17)9-2-5-12-4-1-8-15(10-12)21(23)24/h1-11H/b5-2+,16-9-. The maximum atomic E-state index is 13.2. The number of carbonyl (C=O) groups is 1. The lowest BCUT2D eigenvalue weighted by atomic mass is 10.2. The van der Waals surface area contributed by atoms with Gasteiger partial charge in [-0.05, 0) is 29.8 Å². The molecule has 124 valence electrons. The maximum absolute atomic E-state index is 13.2. The quantitative estimate of drug-likeness (QED) is 0.369. The van der Waals surface area contributed by atoms with Crippen molar-refractivity contribution in [3.8, 4) is 0 Å². The van der Waals surface area contributed by atoms with E-state index in [4.69, 9.17) is 4.74 Å². The molecule has 1 aliphatic rings. The summed E-state index contributed by atoms with van der Waals surface area (Å²) < 4.78 is 18.2. The molecular weight excluding hydrogens is 327 g/mol. The lowest BCUT2D eigenvalue weighted by Gasteiger charge is -1.98. The molecule has 0 spiro atoms. The summed E-state index contributed by atoms with van der Waals surface area (Å²) >= 11 is 0. The van der Waals surface area contributed by atoms with E-state index in [1.54, 1.807) is 24.3 Å². The molecule has 0 aliphatic carbocycles. The molecule has 1 aliphatic heterocycles. The number of aliphatic imine (C=N–C) groups is 1. The summed E-state index contributed by atoms with van der Waals surface area (Å²) in [7, 11) is 0. The molecule has 0 amide bonds. The van der Waals surface area contributed by atoms with E-state index in [1.807, 2.05) is 0 Å². The van der Waals surface area contributed by atoms with Crippen molar-refractivity contribution >= 4 is 23.6 Å². The largest absolute Gasteiger partial charge is 0.402 e. The molecule has 0 radical (unpaired) electrons. The van der Waals surface area contributed by atoms with E-state index in [0.29, 0.717) is 11.1 Å². The van der Waals surface area contributed by atoms with Gasteiger partial charge in [0.2, 0.25) is 5.90 Å². The summed E-state index contributed by atoms with van der Waals surface area (Å²) in [5, 5.41) is 10.7. The van der Waals surface area contributed by atoms with Crippen LogP contribution in [0.3, 0.4) is 0 Å². The van der Waals surface area contributed by atoms with E-state index in [2.05, 4.69) is 4.99 Å². The van der Waals surface area contributed by atoms with Gasteiger partial charge in [-0.1, -0.05) is 30.4 Å². The minimum atomic E-state index is -0.650. The highest BCUT2D eigenvalue weighted by molar-refractivity contribution is 6.11. The minimum Gasteiger partial charge on any atom is -0.402 e. The molecule has 0 aromatic heterocycles. The number of hydrogen-bond acceptors (Lipinski definition) is 5. The van der Waals surface area contributed by atoms with Crippen LogP contribution in [0.25, 0.3) is 6.08 Å². The Morgan fingerprint density at radius 1 is 1.16 bits per heavy atom. The van der Waals surface area contributed by atoms with E-state index in [1.165, 1.54) is 42.5 Å². The lowest BCUT2D eigenvalue weighted by molar-refractivity contribution is -0.384. The Kier molecular flexibility index (Phi) is 4.47. The van der Waals surface area contributed by atoms with Crippen LogP contribution in [0.5, 0.6) is 0 Å². The smallest absolute Gasteiger partial charge is 0.363 e. The highest BCUT2D eigenvalue weighted by Crippen LogP contribution is 2.18. The third-order valence-electron chi connectivity index (χ3n) is 3.32. The molecule has 7 heteroatoms. The number of allylic oxidation sites excluding steroid dienone is 2. The number of cyclic esters (lactones) is 1. The highest BCUT2D eigenvalue weighted by Gasteiger charge is 2.23. The van der Waals surface area contributed by atoms with Crippen molar-refractivity contribution in [2.45, 2.75) is 0 Å². The van der Waals surface area contributed by atoms with Crippen LogP contribution in [-0.4, -0.2) is 16.8 Å². The average Bonchev–Trinajstić information content (AvgIpc) is 2.96. The normalized spacial score (nSPS) is 15.5. The number of non-ortho nitro benzene ring substituents is 1. The summed E-state index contributed by atoms with van der Waals surface area (Å²) in [6.45, 7) is 0. The van der Waals surface area contributed by atoms with Gasteiger partial charge in [-0.2, -0.15) is 0 Å². The maximum Gasteiger partial charge on any atom is 0.363 e. The van der Waals surface area contributed by atoms with E-state index >= 15 is 0 Å². The number of carbonyl (C=O) groups excluding carboxylic acids is 1. The fourth-order valence-electron chi connectivity index (χ4n) is 2.16. The molecule has 0 saturated heterocycles. The highest BCUT2D eigenvalue weighted by atomic mass is 19.1. The SMILES string of the molecule is O=C1OC(c2cccc(F)c2)=N/C1=C\C=C\c1cccc([N+](=O)[O-])c1. The number of ether oxygens (including phenoxy) is 1. The van der Waals surface area contributed by atoms with Crippen LogP contribution in [0, 0.1) is 15.9 Å². The number of nitro groups is 1. The first-order chi connectivity index (χ1) is 12.0. The molecule has 25 heavy (non-hydrogen) atoms. The Hall–Kier alpha value is -3.61. The number of esters is 1. The molecule has 0 atom stereocenters. The van der Waals surface area contributed by atoms with E-state index < -0.39 is 16.7 Å². The number of nitro benzene ring substituents is 1. The van der Waals surface area contributed by atoms with Crippen molar-refractivity contribution < 1.29 is 18.8 Å². The second-order valence-corrected chi connectivity index (χ2v) is 5.08. The molecule has 0 saturated carbocycles. The van der Waals surface area contributed by atoms with Gasteiger partial charge in [-0.15, -0.1) is 0 Å². The molecule has 6 nitrogen and oxygen atoms in total. The molecule has 0 unspecified atom stereocenters. The van der Waals surface area contributed by atoms with Crippen molar-refractivity contribution in [2.75, 3.05) is 0 Å². The monoisotopic (exact) mass is 338 g/mol. The number of rotatable bonds is 4. The van der Waals surface area contributed by atoms with Gasteiger partial charge in [0.15, 0.2) is 5.70 Å². The van der Waals surface area contributed by atoms with Gasteiger partial charge in [0.05, 0.1) is 4.92 Å². The van der Waals surface area contributed by atoms with E-state index in [0.717, 1.165) is 0 Å². The molecule has 2 aromatic rings. The third-order valence-corrected chi connectivity index (χ3v) is 3.32.